The van der Waals surface area contributed by atoms with Crippen LogP contribution in [0.2, 0.25) is 0 Å². The number of benzene rings is 1. The third-order valence-corrected chi connectivity index (χ3v) is 5.66. The molecule has 2 aliphatic carbocycles. The summed E-state index contributed by atoms with van der Waals surface area (Å²) in [4.78, 5) is 11.8. The minimum absolute atomic E-state index is 0.206. The van der Waals surface area contributed by atoms with Crippen LogP contribution in [0.1, 0.15) is 76.1 Å². The number of rotatable bonds is 2. The van der Waals surface area contributed by atoms with Crippen molar-refractivity contribution >= 4 is 11.5 Å². The van der Waals surface area contributed by atoms with Crippen LogP contribution < -0.4 is 0 Å². The molecule has 0 N–H and O–H groups in total. The van der Waals surface area contributed by atoms with E-state index in [9.17, 15) is 4.79 Å². The van der Waals surface area contributed by atoms with Crippen molar-refractivity contribution in [1.82, 2.24) is 0 Å². The molecule has 124 valence electrons. The molecule has 0 unspecified atom stereocenters. The molecule has 2 heteroatoms. The van der Waals surface area contributed by atoms with Gasteiger partial charge in [-0.3, -0.25) is 0 Å². The summed E-state index contributed by atoms with van der Waals surface area (Å²) < 4.78 is 5.09. The Morgan fingerprint density at radius 1 is 1.09 bits per heavy atom. The van der Waals surface area contributed by atoms with Gasteiger partial charge in [-0.15, -0.1) is 0 Å². The molecular formula is C21H28O2. The fourth-order valence-corrected chi connectivity index (χ4v) is 4.04. The third kappa shape index (κ3) is 2.84. The smallest absolute Gasteiger partial charge is 0.331 e. The summed E-state index contributed by atoms with van der Waals surface area (Å²) in [5.74, 6) is -0.215. The number of ether oxygens (including phenoxy) is 1. The van der Waals surface area contributed by atoms with Crippen LogP contribution in [0.25, 0.3) is 5.57 Å². The molecule has 0 aliphatic heterocycles. The highest BCUT2D eigenvalue weighted by molar-refractivity contribution is 5.93. The number of esters is 1. The van der Waals surface area contributed by atoms with Gasteiger partial charge >= 0.3 is 5.97 Å². The first kappa shape index (κ1) is 16.3. The summed E-state index contributed by atoms with van der Waals surface area (Å²) in [6.07, 6.45) is 6.12. The molecule has 0 bridgehead atoms. The topological polar surface area (TPSA) is 26.3 Å². The lowest BCUT2D eigenvalue weighted by atomic mass is 9.62. The Labute approximate surface area is 139 Å². The van der Waals surface area contributed by atoms with Crippen LogP contribution in [0, 0.1) is 0 Å². The van der Waals surface area contributed by atoms with Gasteiger partial charge in [-0.25, -0.2) is 4.79 Å². The Hall–Kier alpha value is -1.57. The molecule has 0 heterocycles. The molecule has 0 spiro atoms. The van der Waals surface area contributed by atoms with Crippen LogP contribution in [0.4, 0.5) is 0 Å². The fourth-order valence-electron chi connectivity index (χ4n) is 4.04. The van der Waals surface area contributed by atoms with E-state index < -0.39 is 0 Å². The van der Waals surface area contributed by atoms with Gasteiger partial charge < -0.3 is 4.74 Å². The second-order valence-electron chi connectivity index (χ2n) is 8.24. The molecule has 0 atom stereocenters. The lowest BCUT2D eigenvalue weighted by molar-refractivity contribution is -0.137. The van der Waals surface area contributed by atoms with E-state index in [0.717, 1.165) is 18.4 Å². The number of carbonyl (C=O) groups is 1. The average molecular weight is 312 g/mol. The number of allylic oxidation sites excluding steroid dienone is 1. The molecular weight excluding hydrogens is 284 g/mol. The maximum absolute atomic E-state index is 11.8. The van der Waals surface area contributed by atoms with Crippen LogP contribution in [-0.2, 0) is 26.8 Å². The van der Waals surface area contributed by atoms with Gasteiger partial charge in [0.15, 0.2) is 0 Å². The van der Waals surface area contributed by atoms with E-state index in [2.05, 4.69) is 39.8 Å². The first-order valence-electron chi connectivity index (χ1n) is 8.80. The van der Waals surface area contributed by atoms with Crippen molar-refractivity contribution in [1.29, 1.82) is 0 Å². The fraction of sp³-hybridized carbons (Fsp3) is 0.571. The Balaban J connectivity index is 2.09. The van der Waals surface area contributed by atoms with Crippen molar-refractivity contribution < 1.29 is 9.53 Å². The molecule has 0 aromatic heterocycles. The lowest BCUT2D eigenvalue weighted by Crippen LogP contribution is -2.34. The van der Waals surface area contributed by atoms with Gasteiger partial charge in [-0.1, -0.05) is 39.8 Å². The zero-order valence-electron chi connectivity index (χ0n) is 15.1. The first-order valence-corrected chi connectivity index (χ1v) is 8.80. The van der Waals surface area contributed by atoms with Crippen molar-refractivity contribution in [2.24, 2.45) is 0 Å². The number of fused-ring (bicyclic) bond motifs is 2. The predicted octanol–water partition coefficient (Wildman–Crippen LogP) is 4.93. The summed E-state index contributed by atoms with van der Waals surface area (Å²) >= 11 is 0. The Bertz CT molecular complexity index is 677. The zero-order chi connectivity index (χ0) is 16.8. The van der Waals surface area contributed by atoms with Crippen molar-refractivity contribution in [2.75, 3.05) is 6.61 Å². The van der Waals surface area contributed by atoms with Crippen LogP contribution >= 0.6 is 0 Å². The van der Waals surface area contributed by atoms with Crippen LogP contribution in [0.3, 0.4) is 0 Å². The van der Waals surface area contributed by atoms with E-state index in [0.29, 0.717) is 6.61 Å². The lowest BCUT2D eigenvalue weighted by Gasteiger charge is -2.42. The van der Waals surface area contributed by atoms with Gasteiger partial charge in [0.05, 0.1) is 6.61 Å². The highest BCUT2D eigenvalue weighted by Crippen LogP contribution is 2.48. The summed E-state index contributed by atoms with van der Waals surface area (Å²) in [6, 6.07) is 4.78. The van der Waals surface area contributed by atoms with Crippen LogP contribution in [0.15, 0.2) is 18.2 Å². The quantitative estimate of drug-likeness (QED) is 0.572. The molecule has 0 saturated heterocycles. The van der Waals surface area contributed by atoms with E-state index in [-0.39, 0.29) is 16.8 Å². The number of carbonyl (C=O) groups excluding carboxylic acids is 1. The van der Waals surface area contributed by atoms with E-state index in [1.165, 1.54) is 35.1 Å². The minimum Gasteiger partial charge on any atom is -0.463 e. The second-order valence-corrected chi connectivity index (χ2v) is 8.24. The molecule has 2 nitrogen and oxygen atoms in total. The number of hydrogen-bond donors (Lipinski definition) is 0. The SMILES string of the molecule is CCOC(=O)/C=C1/CCc2cc3c(cc21)C(C)(C)CCC3(C)C. The van der Waals surface area contributed by atoms with Gasteiger partial charge in [0.25, 0.3) is 0 Å². The van der Waals surface area contributed by atoms with Gasteiger partial charge in [-0.05, 0) is 71.3 Å². The summed E-state index contributed by atoms with van der Waals surface area (Å²) in [5, 5.41) is 0. The Morgan fingerprint density at radius 2 is 1.70 bits per heavy atom. The molecule has 1 aromatic carbocycles. The van der Waals surface area contributed by atoms with Crippen molar-refractivity contribution in [3.8, 4) is 0 Å². The van der Waals surface area contributed by atoms with Crippen molar-refractivity contribution in [3.63, 3.8) is 0 Å². The van der Waals surface area contributed by atoms with Crippen molar-refractivity contribution in [3.05, 3.63) is 40.5 Å². The van der Waals surface area contributed by atoms with E-state index >= 15 is 0 Å². The number of hydrogen-bond acceptors (Lipinski definition) is 2. The van der Waals surface area contributed by atoms with E-state index in [4.69, 9.17) is 4.74 Å². The van der Waals surface area contributed by atoms with Gasteiger partial charge in [-0.2, -0.15) is 0 Å². The second kappa shape index (κ2) is 5.51. The molecule has 3 rings (SSSR count). The Kier molecular flexibility index (Phi) is 3.90. The normalized spacial score (nSPS) is 22.6. The largest absolute Gasteiger partial charge is 0.463 e. The highest BCUT2D eigenvalue weighted by atomic mass is 16.5. The van der Waals surface area contributed by atoms with Crippen LogP contribution in [-0.4, -0.2) is 12.6 Å². The van der Waals surface area contributed by atoms with Crippen LogP contribution in [0.5, 0.6) is 0 Å². The summed E-state index contributed by atoms with van der Waals surface area (Å²) in [6.45, 7) is 11.7. The minimum atomic E-state index is -0.215. The monoisotopic (exact) mass is 312 g/mol. The van der Waals surface area contributed by atoms with Gasteiger partial charge in [0, 0.05) is 6.08 Å². The maximum atomic E-state index is 11.8. The number of aryl methyl sites for hydroxylation is 1. The highest BCUT2D eigenvalue weighted by Gasteiger charge is 2.38. The first-order chi connectivity index (χ1) is 10.7. The standard InChI is InChI=1S/C21H28O2/c1-6-23-19(22)12-15-8-7-14-11-17-18(13-16(14)15)21(4,5)10-9-20(17,2)3/h11-13H,6-10H2,1-5H3/b15-12-. The predicted molar refractivity (Wildman–Crippen MR) is 94.7 cm³/mol. The molecule has 1 aromatic rings. The van der Waals surface area contributed by atoms with E-state index in [1.807, 2.05) is 6.92 Å². The molecule has 23 heavy (non-hydrogen) atoms. The molecule has 0 amide bonds. The van der Waals surface area contributed by atoms with Gasteiger partial charge in [0.1, 0.15) is 0 Å². The third-order valence-electron chi connectivity index (χ3n) is 5.66. The van der Waals surface area contributed by atoms with Gasteiger partial charge in [0.2, 0.25) is 0 Å². The molecule has 0 saturated carbocycles. The van der Waals surface area contributed by atoms with E-state index in [1.54, 1.807) is 6.08 Å². The Morgan fingerprint density at radius 3 is 2.30 bits per heavy atom. The maximum Gasteiger partial charge on any atom is 0.331 e. The molecule has 2 aliphatic rings. The molecule has 0 fully saturated rings. The summed E-state index contributed by atoms with van der Waals surface area (Å²) in [5.41, 5.74) is 7.22. The summed E-state index contributed by atoms with van der Waals surface area (Å²) in [7, 11) is 0. The zero-order valence-corrected chi connectivity index (χ0v) is 15.1. The molecule has 0 radical (unpaired) electrons. The van der Waals surface area contributed by atoms with Crippen molar-refractivity contribution in [2.45, 2.75) is 71.1 Å². The average Bonchev–Trinajstić information content (AvgIpc) is 2.86.